The van der Waals surface area contributed by atoms with Crippen molar-refractivity contribution in [3.8, 4) is 11.5 Å². The summed E-state index contributed by atoms with van der Waals surface area (Å²) in [6.07, 6.45) is 0. The Labute approximate surface area is 368 Å². The van der Waals surface area contributed by atoms with Crippen LogP contribution in [0.1, 0.15) is 0 Å². The van der Waals surface area contributed by atoms with Crippen molar-refractivity contribution in [2.45, 2.75) is 14.7 Å². The van der Waals surface area contributed by atoms with Crippen LogP contribution in [0.5, 0.6) is 11.5 Å². The number of anilines is 4. The minimum absolute atomic E-state index is 0. The van der Waals surface area contributed by atoms with E-state index in [1.165, 1.54) is 55.5 Å². The Morgan fingerprint density at radius 1 is 0.827 bits per heavy atom. The molecule has 52 heavy (non-hydrogen) atoms. The third kappa shape index (κ3) is 10.8. The van der Waals surface area contributed by atoms with E-state index in [4.69, 9.17) is 16.3 Å². The van der Waals surface area contributed by atoms with Gasteiger partial charge in [0, 0.05) is 18.4 Å². The summed E-state index contributed by atoms with van der Waals surface area (Å²) < 4.78 is 109. The molecule has 0 bridgehead atoms. The van der Waals surface area contributed by atoms with Crippen molar-refractivity contribution in [1.29, 1.82) is 0 Å². The van der Waals surface area contributed by atoms with E-state index in [9.17, 15) is 44.0 Å². The summed E-state index contributed by atoms with van der Waals surface area (Å²) in [6, 6.07) is 13.0. The van der Waals surface area contributed by atoms with Crippen molar-refractivity contribution in [2.75, 3.05) is 24.4 Å². The zero-order chi connectivity index (χ0) is 35.9. The first-order valence-electron chi connectivity index (χ1n) is 13.1. The van der Waals surface area contributed by atoms with E-state index in [1.54, 1.807) is 0 Å². The van der Waals surface area contributed by atoms with Gasteiger partial charge in [0.15, 0.2) is 0 Å². The van der Waals surface area contributed by atoms with Crippen LogP contribution in [0.15, 0.2) is 91.6 Å². The monoisotopic (exact) mass is 817 g/mol. The molecule has 0 saturated heterocycles. The van der Waals surface area contributed by atoms with Crippen molar-refractivity contribution >= 4 is 87.4 Å². The maximum atomic E-state index is 13.4. The van der Waals surface area contributed by atoms with Crippen molar-refractivity contribution < 1.29 is 137 Å². The quantitative estimate of drug-likeness (QED) is 0.0757. The molecule has 0 aliphatic heterocycles. The molecule has 0 fully saturated rings. The molecule has 0 spiro atoms. The number of nitrogens with zero attached hydrogens (tertiary/aromatic N) is 6. The molecule has 0 radical (unpaired) electrons. The molecule has 0 aliphatic carbocycles. The minimum Gasteiger partial charge on any atom is -0.871 e. The Hall–Kier alpha value is -2.03. The zero-order valence-corrected chi connectivity index (χ0v) is 36.9. The summed E-state index contributed by atoms with van der Waals surface area (Å²) in [4.78, 5) is 11.4. The third-order valence-electron chi connectivity index (χ3n) is 6.67. The van der Waals surface area contributed by atoms with E-state index in [2.05, 4.69) is 30.5 Å². The van der Waals surface area contributed by atoms with E-state index < -0.39 is 62.2 Å². The molecule has 256 valence electrons. The Morgan fingerprint density at radius 2 is 1.48 bits per heavy atom. The van der Waals surface area contributed by atoms with E-state index in [-0.39, 0.29) is 122 Å². The number of halogens is 1. The van der Waals surface area contributed by atoms with Crippen molar-refractivity contribution in [3.05, 3.63) is 72.0 Å². The molecule has 5 rings (SSSR count). The maximum absolute atomic E-state index is 13.4. The number of hydrogen-bond acceptors (Lipinski definition) is 17. The van der Waals surface area contributed by atoms with E-state index in [0.717, 1.165) is 30.3 Å². The summed E-state index contributed by atoms with van der Waals surface area (Å²) in [6.45, 7) is 0. The number of ether oxygens (including phenoxy) is 1. The van der Waals surface area contributed by atoms with Crippen molar-refractivity contribution in [3.63, 3.8) is 0 Å². The van der Waals surface area contributed by atoms with Gasteiger partial charge in [0.1, 0.15) is 36.6 Å². The SMILES string of the molecule is COc1ccc(N=Nc2c(S(=O)(=O)O)cc3cc(N(C)c4nc(Cl)nc(Nc5ccc(S(=O)(=O)[O-])cc5)n4)ccc3c2[O-])c(S(=O)(=O)[O-])c1.[Na+].[Na+].[Na+]. The second-order valence-electron chi connectivity index (χ2n) is 9.81. The fourth-order valence-corrected chi connectivity index (χ4v) is 6.23. The van der Waals surface area contributed by atoms with Crippen LogP contribution in [-0.4, -0.2) is 68.0 Å². The molecule has 4 aromatic carbocycles. The minimum atomic E-state index is -5.11. The van der Waals surface area contributed by atoms with Gasteiger partial charge in [-0.1, -0.05) is 11.8 Å². The second kappa shape index (κ2) is 18.1. The Morgan fingerprint density at radius 3 is 2.06 bits per heavy atom. The summed E-state index contributed by atoms with van der Waals surface area (Å²) in [5.41, 5.74) is -0.780. The number of methoxy groups -OCH3 is 1. The van der Waals surface area contributed by atoms with Crippen molar-refractivity contribution in [2.24, 2.45) is 10.2 Å². The topological polar surface area (TPSA) is 280 Å². The average Bonchev–Trinajstić information content (AvgIpc) is 3.02. The van der Waals surface area contributed by atoms with Gasteiger partial charge < -0.3 is 29.2 Å². The summed E-state index contributed by atoms with van der Waals surface area (Å²) in [7, 11) is -12.2. The predicted molar refractivity (Wildman–Crippen MR) is 169 cm³/mol. The fraction of sp³-hybridized carbons (Fsp3) is 0.0741. The normalized spacial score (nSPS) is 11.7. The average molecular weight is 818 g/mol. The van der Waals surface area contributed by atoms with E-state index >= 15 is 0 Å². The first-order valence-corrected chi connectivity index (χ1v) is 17.8. The second-order valence-corrected chi connectivity index (χ2v) is 14.3. The van der Waals surface area contributed by atoms with Crippen LogP contribution >= 0.6 is 11.6 Å². The number of aromatic nitrogens is 3. The van der Waals surface area contributed by atoms with Crippen LogP contribution in [0.2, 0.25) is 5.28 Å². The number of fused-ring (bicyclic) bond motifs is 1. The Bertz CT molecular complexity index is 2500. The van der Waals surface area contributed by atoms with Gasteiger partial charge in [0.05, 0.1) is 22.6 Å². The molecule has 25 heteroatoms. The molecule has 5 aromatic rings. The van der Waals surface area contributed by atoms with Crippen LogP contribution in [0.4, 0.5) is 34.6 Å². The Kier molecular flexibility index (Phi) is 16.0. The van der Waals surface area contributed by atoms with Crippen LogP contribution in [0.3, 0.4) is 0 Å². The number of azo groups is 1. The first kappa shape index (κ1) is 46.1. The molecular formula is C27H19ClN7Na3O11S3. The molecule has 1 aromatic heterocycles. The molecule has 1 heterocycles. The van der Waals surface area contributed by atoms with Gasteiger partial charge in [0.2, 0.25) is 17.2 Å². The molecule has 2 N–H and O–H groups in total. The van der Waals surface area contributed by atoms with Gasteiger partial charge in [0.25, 0.3) is 10.1 Å². The largest absolute Gasteiger partial charge is 1.00 e. The molecule has 0 atom stereocenters. The van der Waals surface area contributed by atoms with Gasteiger partial charge in [-0.15, -0.1) is 10.2 Å². The first-order chi connectivity index (χ1) is 22.8. The zero-order valence-electron chi connectivity index (χ0n) is 27.7. The van der Waals surface area contributed by atoms with Crippen LogP contribution in [-0.2, 0) is 30.4 Å². The van der Waals surface area contributed by atoms with Gasteiger partial charge in [-0.25, -0.2) is 16.8 Å². The van der Waals surface area contributed by atoms with Gasteiger partial charge in [-0.05, 0) is 83.0 Å². The molecule has 0 amide bonds. The summed E-state index contributed by atoms with van der Waals surface area (Å²) >= 11 is 6.10. The number of nitrogens with one attached hydrogen (secondary N) is 1. The number of benzene rings is 4. The predicted octanol–water partition coefficient (Wildman–Crippen LogP) is -5.25. The van der Waals surface area contributed by atoms with Gasteiger partial charge in [-0.3, -0.25) is 4.55 Å². The van der Waals surface area contributed by atoms with Crippen LogP contribution in [0, 0.1) is 0 Å². The van der Waals surface area contributed by atoms with Crippen molar-refractivity contribution in [1.82, 2.24) is 15.0 Å². The molecule has 0 unspecified atom stereocenters. The van der Waals surface area contributed by atoms with Crippen LogP contribution < -0.4 is 109 Å². The molecule has 0 aliphatic rings. The van der Waals surface area contributed by atoms with E-state index in [1.807, 2.05) is 0 Å². The maximum Gasteiger partial charge on any atom is 1.00 e. The molecular weight excluding hydrogens is 799 g/mol. The summed E-state index contributed by atoms with van der Waals surface area (Å²) in [5, 5.41) is 23.2. The van der Waals surface area contributed by atoms with Gasteiger partial charge >= 0.3 is 88.7 Å². The Balaban J connectivity index is 0.00000312. The van der Waals surface area contributed by atoms with E-state index in [0.29, 0.717) is 11.4 Å². The molecule has 18 nitrogen and oxygen atoms in total. The van der Waals surface area contributed by atoms with Crippen LogP contribution in [0.25, 0.3) is 10.8 Å². The molecule has 0 saturated carbocycles. The number of hydrogen-bond donors (Lipinski definition) is 2. The van der Waals surface area contributed by atoms with Gasteiger partial charge in [-0.2, -0.15) is 23.4 Å². The summed E-state index contributed by atoms with van der Waals surface area (Å²) in [5.74, 6) is -1.11. The third-order valence-corrected chi connectivity index (χ3v) is 9.42. The number of rotatable bonds is 10. The smallest absolute Gasteiger partial charge is 0.871 e. The fourth-order valence-electron chi connectivity index (χ4n) is 4.33. The standard InChI is InChI=1S/C27H22ClN7O11S3.3Na/c1-35(27-31-25(28)30-26(32-27)29-15-3-7-18(8-4-15)47(37,38)39)16-5-9-19-14(11-16)12-22(49(43,44)45)23(24(19)36)34-33-20-10-6-17(46-2)13-21(20)48(40,41)42;;;/h3-13,36H,1-2H3,(H,37,38,39)(H,40,41,42)(H,43,44,45)(H,29,30,31,32);;;/q;3*+1/p-3.